The van der Waals surface area contributed by atoms with Gasteiger partial charge in [0, 0.05) is 6.54 Å². The Labute approximate surface area is 78.5 Å². The van der Waals surface area contributed by atoms with Gasteiger partial charge in [0.05, 0.1) is 6.61 Å². The third kappa shape index (κ3) is 2.75. The number of rotatable bonds is 4. The maximum atomic E-state index is 5.34. The molecule has 1 aromatic rings. The zero-order chi connectivity index (χ0) is 8.81. The van der Waals surface area contributed by atoms with Crippen LogP contribution >= 0.6 is 12.8 Å². The van der Waals surface area contributed by atoms with Gasteiger partial charge in [0.1, 0.15) is 5.75 Å². The highest BCUT2D eigenvalue weighted by Crippen LogP contribution is 2.12. The Morgan fingerprint density at radius 2 is 2.33 bits per heavy atom. The standard InChI is InChI=1S/C9H13NOS/c1-2-11-9-5-3-4-8(6-9)7-10-12/h3-6,10,12H,2,7H2,1H3. The molecule has 3 heteroatoms. The van der Waals surface area contributed by atoms with Gasteiger partial charge in [0.2, 0.25) is 0 Å². The van der Waals surface area contributed by atoms with Gasteiger partial charge in [-0.3, -0.25) is 4.72 Å². The van der Waals surface area contributed by atoms with Crippen LogP contribution in [0.4, 0.5) is 0 Å². The van der Waals surface area contributed by atoms with Gasteiger partial charge in [-0.1, -0.05) is 24.9 Å². The minimum Gasteiger partial charge on any atom is -0.494 e. The van der Waals surface area contributed by atoms with Crippen molar-refractivity contribution in [3.8, 4) is 5.75 Å². The van der Waals surface area contributed by atoms with Gasteiger partial charge in [-0.25, -0.2) is 0 Å². The average Bonchev–Trinajstić information content (AvgIpc) is 2.06. The number of ether oxygens (including phenoxy) is 1. The van der Waals surface area contributed by atoms with E-state index < -0.39 is 0 Å². The summed E-state index contributed by atoms with van der Waals surface area (Å²) in [5.41, 5.74) is 1.18. The molecule has 0 saturated heterocycles. The SMILES string of the molecule is CCOc1cccc(CNS)c1. The molecule has 0 atom stereocenters. The van der Waals surface area contributed by atoms with E-state index in [9.17, 15) is 0 Å². The normalized spacial score (nSPS) is 9.83. The van der Waals surface area contributed by atoms with Crippen molar-refractivity contribution in [1.82, 2.24) is 4.72 Å². The molecule has 1 aromatic carbocycles. The first-order valence-corrected chi connectivity index (χ1v) is 4.40. The molecule has 0 spiro atoms. The lowest BCUT2D eigenvalue weighted by molar-refractivity contribution is 0.340. The molecule has 0 fully saturated rings. The first-order valence-electron chi connectivity index (χ1n) is 3.95. The van der Waals surface area contributed by atoms with E-state index in [1.807, 2.05) is 31.2 Å². The summed E-state index contributed by atoms with van der Waals surface area (Å²) in [7, 11) is 0. The fourth-order valence-electron chi connectivity index (χ4n) is 1.00. The van der Waals surface area contributed by atoms with Crippen molar-refractivity contribution < 1.29 is 4.74 Å². The Hall–Kier alpha value is -0.670. The van der Waals surface area contributed by atoms with Crippen molar-refractivity contribution in [3.05, 3.63) is 29.8 Å². The number of thiol groups is 1. The molecule has 1 N–H and O–H groups in total. The third-order valence-corrected chi connectivity index (χ3v) is 1.65. The maximum Gasteiger partial charge on any atom is 0.119 e. The smallest absolute Gasteiger partial charge is 0.119 e. The predicted molar refractivity (Wildman–Crippen MR) is 53.4 cm³/mol. The zero-order valence-electron chi connectivity index (χ0n) is 7.08. The molecule has 0 aromatic heterocycles. The molecule has 12 heavy (non-hydrogen) atoms. The minimum absolute atomic E-state index is 0.706. The van der Waals surface area contributed by atoms with Crippen molar-refractivity contribution in [2.24, 2.45) is 0 Å². The van der Waals surface area contributed by atoms with Crippen molar-refractivity contribution in [1.29, 1.82) is 0 Å². The van der Waals surface area contributed by atoms with E-state index in [1.54, 1.807) is 0 Å². The molecule has 0 radical (unpaired) electrons. The van der Waals surface area contributed by atoms with Crippen molar-refractivity contribution in [3.63, 3.8) is 0 Å². The highest BCUT2D eigenvalue weighted by atomic mass is 32.1. The van der Waals surface area contributed by atoms with Crippen LogP contribution in [-0.4, -0.2) is 6.61 Å². The van der Waals surface area contributed by atoms with E-state index >= 15 is 0 Å². The maximum absolute atomic E-state index is 5.34. The van der Waals surface area contributed by atoms with Gasteiger partial charge < -0.3 is 4.74 Å². The Bertz CT molecular complexity index is 218. The fraction of sp³-hybridized carbons (Fsp3) is 0.333. The lowest BCUT2D eigenvalue weighted by Gasteiger charge is -2.04. The highest BCUT2D eigenvalue weighted by molar-refractivity contribution is 7.78. The molecule has 0 aliphatic heterocycles. The molecule has 0 aliphatic rings. The monoisotopic (exact) mass is 183 g/mol. The summed E-state index contributed by atoms with van der Waals surface area (Å²) in [5.74, 6) is 0.915. The van der Waals surface area contributed by atoms with E-state index in [2.05, 4.69) is 17.5 Å². The lowest BCUT2D eigenvalue weighted by atomic mass is 10.2. The van der Waals surface area contributed by atoms with E-state index in [0.717, 1.165) is 12.3 Å². The molecule has 2 nitrogen and oxygen atoms in total. The molecular weight excluding hydrogens is 170 g/mol. The molecule has 66 valence electrons. The number of hydrogen-bond acceptors (Lipinski definition) is 3. The highest BCUT2D eigenvalue weighted by Gasteiger charge is 1.93. The first kappa shape index (κ1) is 9.42. The minimum atomic E-state index is 0.706. The molecule has 0 unspecified atom stereocenters. The Balaban J connectivity index is 2.67. The summed E-state index contributed by atoms with van der Waals surface area (Å²) in [6, 6.07) is 7.97. The fourth-order valence-corrected chi connectivity index (χ4v) is 1.19. The van der Waals surface area contributed by atoms with Crippen LogP contribution in [0.15, 0.2) is 24.3 Å². The molecule has 1 rings (SSSR count). The largest absolute Gasteiger partial charge is 0.494 e. The average molecular weight is 183 g/mol. The summed E-state index contributed by atoms with van der Waals surface area (Å²) < 4.78 is 8.13. The molecular formula is C9H13NOS. The van der Waals surface area contributed by atoms with Gasteiger partial charge >= 0.3 is 0 Å². The topological polar surface area (TPSA) is 21.3 Å². The first-order chi connectivity index (χ1) is 5.86. The molecule has 0 heterocycles. The Morgan fingerprint density at radius 3 is 3.00 bits per heavy atom. The summed E-state index contributed by atoms with van der Waals surface area (Å²) in [6.07, 6.45) is 0. The van der Waals surface area contributed by atoms with Crippen LogP contribution in [0.3, 0.4) is 0 Å². The van der Waals surface area contributed by atoms with Crippen LogP contribution in [0.2, 0.25) is 0 Å². The van der Waals surface area contributed by atoms with Crippen LogP contribution in [0.5, 0.6) is 5.75 Å². The molecule has 0 amide bonds. The summed E-state index contributed by atoms with van der Waals surface area (Å²) in [5, 5.41) is 0. The van der Waals surface area contributed by atoms with Crippen LogP contribution in [0.25, 0.3) is 0 Å². The summed E-state index contributed by atoms with van der Waals surface area (Å²) in [4.78, 5) is 0. The summed E-state index contributed by atoms with van der Waals surface area (Å²) >= 11 is 3.93. The second-order valence-corrected chi connectivity index (χ2v) is 2.73. The molecule has 0 aliphatic carbocycles. The van der Waals surface area contributed by atoms with Crippen LogP contribution in [-0.2, 0) is 6.54 Å². The molecule has 0 saturated carbocycles. The van der Waals surface area contributed by atoms with E-state index in [4.69, 9.17) is 4.74 Å². The quantitative estimate of drug-likeness (QED) is 0.697. The van der Waals surface area contributed by atoms with Gasteiger partial charge in [0.25, 0.3) is 0 Å². The van der Waals surface area contributed by atoms with Gasteiger partial charge in [-0.05, 0) is 24.6 Å². The molecule has 0 bridgehead atoms. The third-order valence-electron chi connectivity index (χ3n) is 1.49. The van der Waals surface area contributed by atoms with Gasteiger partial charge in [0.15, 0.2) is 0 Å². The van der Waals surface area contributed by atoms with E-state index in [0.29, 0.717) is 6.61 Å². The van der Waals surface area contributed by atoms with Crippen molar-refractivity contribution >= 4 is 12.8 Å². The lowest BCUT2D eigenvalue weighted by Crippen LogP contribution is -1.99. The van der Waals surface area contributed by atoms with E-state index in [1.165, 1.54) is 5.56 Å². The van der Waals surface area contributed by atoms with Crippen LogP contribution in [0.1, 0.15) is 12.5 Å². The Kier molecular flexibility index (Phi) is 3.97. The van der Waals surface area contributed by atoms with Crippen molar-refractivity contribution in [2.45, 2.75) is 13.5 Å². The Morgan fingerprint density at radius 1 is 1.50 bits per heavy atom. The number of benzene rings is 1. The van der Waals surface area contributed by atoms with Crippen LogP contribution < -0.4 is 9.46 Å². The van der Waals surface area contributed by atoms with Gasteiger partial charge in [-0.2, -0.15) is 0 Å². The van der Waals surface area contributed by atoms with Crippen LogP contribution in [0, 0.1) is 0 Å². The van der Waals surface area contributed by atoms with E-state index in [-0.39, 0.29) is 0 Å². The predicted octanol–water partition coefficient (Wildman–Crippen LogP) is 2.02. The number of hydrogen-bond donors (Lipinski definition) is 2. The zero-order valence-corrected chi connectivity index (χ0v) is 7.97. The van der Waals surface area contributed by atoms with Gasteiger partial charge in [-0.15, -0.1) is 0 Å². The second-order valence-electron chi connectivity index (χ2n) is 2.42. The number of nitrogens with one attached hydrogen (secondary N) is 1. The van der Waals surface area contributed by atoms with Crippen molar-refractivity contribution in [2.75, 3.05) is 6.61 Å². The second kappa shape index (κ2) is 5.06. The summed E-state index contributed by atoms with van der Waals surface area (Å²) in [6.45, 7) is 3.44.